The molecule has 3 saturated heterocycles. The number of ether oxygens (including phenoxy) is 7. The second kappa shape index (κ2) is 11.6. The van der Waals surface area contributed by atoms with E-state index in [0.29, 0.717) is 6.61 Å². The summed E-state index contributed by atoms with van der Waals surface area (Å²) < 4.78 is 42.0. The quantitative estimate of drug-likeness (QED) is 0.536. The number of hydrogen-bond donors (Lipinski definition) is 0. The van der Waals surface area contributed by atoms with E-state index >= 15 is 0 Å². The molecule has 3 fully saturated rings. The molecular formula is C27H38O9. The number of carbonyl (C=O) groups excluding carboxylic acids is 2. The summed E-state index contributed by atoms with van der Waals surface area (Å²) >= 11 is 0. The average molecular weight is 507 g/mol. The van der Waals surface area contributed by atoms with Crippen molar-refractivity contribution in [2.75, 3.05) is 13.2 Å². The van der Waals surface area contributed by atoms with Gasteiger partial charge in [-0.1, -0.05) is 58.0 Å². The molecule has 0 aliphatic carbocycles. The van der Waals surface area contributed by atoms with Gasteiger partial charge in [-0.05, 0) is 11.8 Å². The van der Waals surface area contributed by atoms with Gasteiger partial charge >= 0.3 is 11.9 Å². The first-order chi connectivity index (χ1) is 17.2. The Bertz CT molecular complexity index is 890. The van der Waals surface area contributed by atoms with E-state index in [0.717, 1.165) is 5.56 Å². The van der Waals surface area contributed by atoms with Crippen LogP contribution in [-0.2, 0) is 42.7 Å². The Kier molecular flexibility index (Phi) is 8.67. The highest BCUT2D eigenvalue weighted by Crippen LogP contribution is 2.42. The predicted molar refractivity (Wildman–Crippen MR) is 127 cm³/mol. The van der Waals surface area contributed by atoms with Crippen LogP contribution in [0.4, 0.5) is 0 Å². The Morgan fingerprint density at radius 3 is 2.22 bits per heavy atom. The van der Waals surface area contributed by atoms with Crippen LogP contribution in [0.2, 0.25) is 0 Å². The maximum Gasteiger partial charge on any atom is 0.304 e. The molecule has 9 nitrogen and oxygen atoms in total. The smallest absolute Gasteiger partial charge is 0.304 e. The molecule has 3 heterocycles. The highest BCUT2D eigenvalue weighted by molar-refractivity contribution is 5.66. The van der Waals surface area contributed by atoms with Gasteiger partial charge in [-0.3, -0.25) is 9.59 Å². The van der Waals surface area contributed by atoms with Crippen LogP contribution < -0.4 is 0 Å². The molecule has 1 aromatic rings. The van der Waals surface area contributed by atoms with Gasteiger partial charge in [-0.25, -0.2) is 0 Å². The summed E-state index contributed by atoms with van der Waals surface area (Å²) in [5.74, 6) is -0.889. The zero-order valence-electron chi connectivity index (χ0n) is 21.8. The van der Waals surface area contributed by atoms with Crippen LogP contribution in [0.15, 0.2) is 30.3 Å². The van der Waals surface area contributed by atoms with Crippen molar-refractivity contribution in [3.05, 3.63) is 35.9 Å². The fourth-order valence-electron chi connectivity index (χ4n) is 5.17. The number of esters is 2. The van der Waals surface area contributed by atoms with Crippen LogP contribution in [0.25, 0.3) is 0 Å². The lowest BCUT2D eigenvalue weighted by molar-refractivity contribution is -0.363. The lowest BCUT2D eigenvalue weighted by Gasteiger charge is -2.50. The van der Waals surface area contributed by atoms with E-state index < -0.39 is 43.0 Å². The molecule has 200 valence electrons. The molecule has 36 heavy (non-hydrogen) atoms. The summed E-state index contributed by atoms with van der Waals surface area (Å²) in [5, 5.41) is 0. The van der Waals surface area contributed by atoms with Crippen molar-refractivity contribution in [3.8, 4) is 0 Å². The molecular weight excluding hydrogens is 468 g/mol. The first-order valence-corrected chi connectivity index (χ1v) is 12.7. The Balaban J connectivity index is 1.46. The van der Waals surface area contributed by atoms with Gasteiger partial charge in [0, 0.05) is 31.2 Å². The third-order valence-electron chi connectivity index (χ3n) is 7.69. The van der Waals surface area contributed by atoms with Crippen molar-refractivity contribution in [2.45, 2.75) is 84.8 Å². The molecule has 4 rings (SSSR count). The maximum absolute atomic E-state index is 11.6. The van der Waals surface area contributed by atoms with Crippen LogP contribution in [0.5, 0.6) is 0 Å². The van der Waals surface area contributed by atoms with Gasteiger partial charge < -0.3 is 33.2 Å². The monoisotopic (exact) mass is 506 g/mol. The van der Waals surface area contributed by atoms with Crippen LogP contribution in [0.1, 0.15) is 53.4 Å². The first kappa shape index (κ1) is 27.0. The van der Waals surface area contributed by atoms with Crippen molar-refractivity contribution in [3.63, 3.8) is 0 Å². The third-order valence-corrected chi connectivity index (χ3v) is 7.69. The summed E-state index contributed by atoms with van der Waals surface area (Å²) in [6.07, 6.45) is -3.18. The largest absolute Gasteiger partial charge is 0.463 e. The minimum atomic E-state index is -0.749. The SMILES string of the molecule is CC(=O)OCC1OC(OC(C)=O)C(C)C(C)C1OC1OC2COC(c3ccccc3)OC2C(C)C1C. The average Bonchev–Trinajstić information content (AvgIpc) is 2.85. The van der Waals surface area contributed by atoms with E-state index in [1.165, 1.54) is 13.8 Å². The Morgan fingerprint density at radius 1 is 0.861 bits per heavy atom. The van der Waals surface area contributed by atoms with Crippen molar-refractivity contribution in [1.29, 1.82) is 0 Å². The molecule has 0 radical (unpaired) electrons. The Labute approximate surface area is 212 Å². The molecule has 0 bridgehead atoms. The topological polar surface area (TPSA) is 98.8 Å². The molecule has 9 heteroatoms. The minimum Gasteiger partial charge on any atom is -0.463 e. The molecule has 0 amide bonds. The van der Waals surface area contributed by atoms with E-state index in [4.69, 9.17) is 33.2 Å². The van der Waals surface area contributed by atoms with E-state index in [1.807, 2.05) is 44.2 Å². The first-order valence-electron chi connectivity index (χ1n) is 12.7. The van der Waals surface area contributed by atoms with Crippen molar-refractivity contribution in [2.24, 2.45) is 23.7 Å². The van der Waals surface area contributed by atoms with E-state index in [9.17, 15) is 9.59 Å². The van der Waals surface area contributed by atoms with Gasteiger partial charge in [0.05, 0.1) is 18.8 Å². The second-order valence-electron chi connectivity index (χ2n) is 10.2. The molecule has 0 N–H and O–H groups in total. The lowest BCUT2D eigenvalue weighted by atomic mass is 9.82. The molecule has 0 spiro atoms. The number of benzene rings is 1. The van der Waals surface area contributed by atoms with Crippen LogP contribution in [0, 0.1) is 23.7 Å². The molecule has 3 aliphatic heterocycles. The second-order valence-corrected chi connectivity index (χ2v) is 10.2. The van der Waals surface area contributed by atoms with Gasteiger partial charge in [0.25, 0.3) is 0 Å². The fourth-order valence-corrected chi connectivity index (χ4v) is 5.17. The number of carbonyl (C=O) groups is 2. The van der Waals surface area contributed by atoms with Crippen molar-refractivity contribution in [1.82, 2.24) is 0 Å². The number of fused-ring (bicyclic) bond motifs is 1. The van der Waals surface area contributed by atoms with Gasteiger partial charge in [0.2, 0.25) is 6.29 Å². The normalized spacial score (nSPS) is 40.7. The number of rotatable bonds is 6. The van der Waals surface area contributed by atoms with Crippen LogP contribution in [-0.4, -0.2) is 62.1 Å². The minimum absolute atomic E-state index is 0.0114. The fraction of sp³-hybridized carbons (Fsp3) is 0.704. The summed E-state index contributed by atoms with van der Waals surface area (Å²) in [6.45, 7) is 11.3. The van der Waals surface area contributed by atoms with Crippen LogP contribution in [0.3, 0.4) is 0 Å². The molecule has 11 unspecified atom stereocenters. The third kappa shape index (κ3) is 5.92. The van der Waals surface area contributed by atoms with Gasteiger partial charge in [0.1, 0.15) is 18.8 Å². The Morgan fingerprint density at radius 2 is 1.56 bits per heavy atom. The van der Waals surface area contributed by atoms with Gasteiger partial charge in [-0.15, -0.1) is 0 Å². The zero-order valence-corrected chi connectivity index (χ0v) is 21.8. The van der Waals surface area contributed by atoms with Crippen molar-refractivity contribution < 1.29 is 42.7 Å². The highest BCUT2D eigenvalue weighted by Gasteiger charge is 2.50. The van der Waals surface area contributed by atoms with E-state index in [1.54, 1.807) is 0 Å². The molecule has 11 atom stereocenters. The van der Waals surface area contributed by atoms with Crippen LogP contribution >= 0.6 is 0 Å². The van der Waals surface area contributed by atoms with Crippen molar-refractivity contribution >= 4 is 11.9 Å². The molecule has 0 saturated carbocycles. The zero-order chi connectivity index (χ0) is 26.0. The Hall–Kier alpha value is -2.04. The molecule has 3 aliphatic rings. The summed E-state index contributed by atoms with van der Waals surface area (Å²) in [5.41, 5.74) is 0.979. The van der Waals surface area contributed by atoms with Gasteiger partial charge in [-0.2, -0.15) is 0 Å². The standard InChI is InChI=1S/C27H38O9/c1-14-16(3)25(32-19(6)29)33-21(12-30-18(5)28)23(14)35-26-17(4)15(2)24-22(34-26)13-31-27(36-24)20-10-8-7-9-11-20/h7-11,14-17,21-27H,12-13H2,1-6H3. The summed E-state index contributed by atoms with van der Waals surface area (Å²) in [4.78, 5) is 23.1. The highest BCUT2D eigenvalue weighted by atomic mass is 16.8. The molecule has 1 aromatic carbocycles. The molecule has 0 aromatic heterocycles. The lowest BCUT2D eigenvalue weighted by Crippen LogP contribution is -2.59. The number of hydrogen-bond acceptors (Lipinski definition) is 9. The van der Waals surface area contributed by atoms with E-state index in [-0.39, 0.29) is 42.5 Å². The summed E-state index contributed by atoms with van der Waals surface area (Å²) in [7, 11) is 0. The summed E-state index contributed by atoms with van der Waals surface area (Å²) in [6, 6.07) is 9.88. The van der Waals surface area contributed by atoms with Gasteiger partial charge in [0.15, 0.2) is 12.6 Å². The van der Waals surface area contributed by atoms with E-state index in [2.05, 4.69) is 13.8 Å². The predicted octanol–water partition coefficient (Wildman–Crippen LogP) is 3.61. The maximum atomic E-state index is 11.6.